The molecule has 3 aromatic rings. The van der Waals surface area contributed by atoms with Crippen molar-refractivity contribution in [3.8, 4) is 17.4 Å². The van der Waals surface area contributed by atoms with Crippen molar-refractivity contribution in [2.75, 3.05) is 33.0 Å². The number of halogens is 1. The molecule has 0 fully saturated rings. The summed E-state index contributed by atoms with van der Waals surface area (Å²) in [5, 5.41) is 4.18. The molecule has 3 rings (SSSR count). The van der Waals surface area contributed by atoms with E-state index >= 15 is 0 Å². The van der Waals surface area contributed by atoms with Crippen molar-refractivity contribution in [1.82, 2.24) is 19.5 Å². The maximum absolute atomic E-state index is 14.0. The highest BCUT2D eigenvalue weighted by molar-refractivity contribution is 5.67. The SMILES string of the molecule is Cc1c(OCCCN(C)C)cn2ncnc(Oc3ccc(N)cc3F)c12. The van der Waals surface area contributed by atoms with Gasteiger partial charge in [0.2, 0.25) is 5.88 Å². The lowest BCUT2D eigenvalue weighted by molar-refractivity contribution is 0.280. The van der Waals surface area contributed by atoms with E-state index in [1.54, 1.807) is 16.8 Å². The largest absolute Gasteiger partial charge is 0.492 e. The maximum Gasteiger partial charge on any atom is 0.247 e. The molecule has 2 aromatic heterocycles. The van der Waals surface area contributed by atoms with Gasteiger partial charge in [-0.1, -0.05) is 0 Å². The van der Waals surface area contributed by atoms with Crippen molar-refractivity contribution in [3.05, 3.63) is 42.1 Å². The number of fused-ring (bicyclic) bond motifs is 1. The molecular weight excluding hydrogens is 337 g/mol. The van der Waals surface area contributed by atoms with Gasteiger partial charge in [0.05, 0.1) is 12.8 Å². The summed E-state index contributed by atoms with van der Waals surface area (Å²) in [5.74, 6) is 0.455. The Hall–Kier alpha value is -2.87. The molecule has 1 aromatic carbocycles. The van der Waals surface area contributed by atoms with E-state index in [0.29, 0.717) is 23.6 Å². The lowest BCUT2D eigenvalue weighted by atomic mass is 10.3. The summed E-state index contributed by atoms with van der Waals surface area (Å²) in [6.45, 7) is 3.43. The van der Waals surface area contributed by atoms with E-state index in [4.69, 9.17) is 15.2 Å². The van der Waals surface area contributed by atoms with Crippen molar-refractivity contribution in [3.63, 3.8) is 0 Å². The summed E-state index contributed by atoms with van der Waals surface area (Å²) in [5.41, 5.74) is 7.36. The van der Waals surface area contributed by atoms with Gasteiger partial charge in [0.15, 0.2) is 11.6 Å². The van der Waals surface area contributed by atoms with Gasteiger partial charge in [-0.25, -0.2) is 8.91 Å². The Labute approximate surface area is 151 Å². The second-order valence-corrected chi connectivity index (χ2v) is 6.27. The van der Waals surface area contributed by atoms with Gasteiger partial charge in [0, 0.05) is 23.9 Å². The van der Waals surface area contributed by atoms with Gasteiger partial charge in [-0.15, -0.1) is 0 Å². The average Bonchev–Trinajstić information content (AvgIpc) is 2.91. The molecule has 0 aliphatic heterocycles. The Morgan fingerprint density at radius 3 is 2.81 bits per heavy atom. The molecule has 0 bridgehead atoms. The molecule has 0 unspecified atom stereocenters. The van der Waals surface area contributed by atoms with Gasteiger partial charge in [0.1, 0.15) is 17.6 Å². The number of rotatable bonds is 7. The number of ether oxygens (including phenoxy) is 2. The number of anilines is 1. The third-order valence-corrected chi connectivity index (χ3v) is 3.92. The summed E-state index contributed by atoms with van der Waals surface area (Å²) < 4.78 is 27.2. The minimum atomic E-state index is -0.550. The van der Waals surface area contributed by atoms with Crippen LogP contribution in [0.4, 0.5) is 10.1 Å². The van der Waals surface area contributed by atoms with Gasteiger partial charge in [0.25, 0.3) is 0 Å². The van der Waals surface area contributed by atoms with Gasteiger partial charge in [-0.2, -0.15) is 10.1 Å². The van der Waals surface area contributed by atoms with E-state index in [1.807, 2.05) is 21.0 Å². The highest BCUT2D eigenvalue weighted by atomic mass is 19.1. The first kappa shape index (κ1) is 17.9. The number of nitrogens with zero attached hydrogens (tertiary/aromatic N) is 4. The topological polar surface area (TPSA) is 77.9 Å². The van der Waals surface area contributed by atoms with E-state index in [1.165, 1.54) is 18.5 Å². The molecule has 0 aliphatic rings. The average molecular weight is 359 g/mol. The number of benzene rings is 1. The molecule has 0 amide bonds. The van der Waals surface area contributed by atoms with Crippen LogP contribution in [0.25, 0.3) is 5.52 Å². The van der Waals surface area contributed by atoms with Crippen molar-refractivity contribution in [2.24, 2.45) is 0 Å². The Kier molecular flexibility index (Phi) is 5.22. The highest BCUT2D eigenvalue weighted by Crippen LogP contribution is 2.33. The van der Waals surface area contributed by atoms with E-state index in [-0.39, 0.29) is 11.6 Å². The third kappa shape index (κ3) is 3.85. The van der Waals surface area contributed by atoms with E-state index in [0.717, 1.165) is 18.5 Å². The Morgan fingerprint density at radius 1 is 1.27 bits per heavy atom. The van der Waals surface area contributed by atoms with Crippen LogP contribution in [0, 0.1) is 12.7 Å². The predicted octanol–water partition coefficient (Wildman–Crippen LogP) is 2.88. The standard InChI is InChI=1S/C18H22FN5O2/c1-12-16(25-8-4-7-23(2)3)10-24-17(12)18(21-11-22-24)26-15-6-5-13(20)9-14(15)19/h5-6,9-11H,4,7-8,20H2,1-3H3. The van der Waals surface area contributed by atoms with Crippen LogP contribution in [0.1, 0.15) is 12.0 Å². The fourth-order valence-corrected chi connectivity index (χ4v) is 2.59. The van der Waals surface area contributed by atoms with E-state index in [2.05, 4.69) is 15.0 Å². The van der Waals surface area contributed by atoms with Gasteiger partial charge in [-0.3, -0.25) is 0 Å². The van der Waals surface area contributed by atoms with E-state index < -0.39 is 5.82 Å². The van der Waals surface area contributed by atoms with Crippen molar-refractivity contribution >= 4 is 11.2 Å². The van der Waals surface area contributed by atoms with Gasteiger partial charge >= 0.3 is 0 Å². The van der Waals surface area contributed by atoms with Crippen LogP contribution in [0.15, 0.2) is 30.7 Å². The maximum atomic E-state index is 14.0. The molecule has 0 radical (unpaired) electrons. The van der Waals surface area contributed by atoms with Crippen molar-refractivity contribution < 1.29 is 13.9 Å². The van der Waals surface area contributed by atoms with Crippen molar-refractivity contribution in [2.45, 2.75) is 13.3 Å². The number of aryl methyl sites for hydroxylation is 1. The first-order valence-corrected chi connectivity index (χ1v) is 8.29. The summed E-state index contributed by atoms with van der Waals surface area (Å²) >= 11 is 0. The van der Waals surface area contributed by atoms with Crippen LogP contribution in [0.5, 0.6) is 17.4 Å². The van der Waals surface area contributed by atoms with Crippen LogP contribution in [-0.2, 0) is 0 Å². The number of hydrogen-bond donors (Lipinski definition) is 1. The molecule has 2 N–H and O–H groups in total. The predicted molar refractivity (Wildman–Crippen MR) is 97.3 cm³/mol. The zero-order chi connectivity index (χ0) is 18.7. The van der Waals surface area contributed by atoms with Gasteiger partial charge in [-0.05, 0) is 39.6 Å². The summed E-state index contributed by atoms with van der Waals surface area (Å²) in [6, 6.07) is 4.25. The Balaban J connectivity index is 1.85. The quantitative estimate of drug-likeness (QED) is 0.516. The molecule has 0 saturated heterocycles. The monoisotopic (exact) mass is 359 g/mol. The van der Waals surface area contributed by atoms with Crippen LogP contribution in [-0.4, -0.2) is 46.7 Å². The molecule has 0 atom stereocenters. The molecule has 138 valence electrons. The molecule has 8 heteroatoms. The number of aromatic nitrogens is 3. The number of hydrogen-bond acceptors (Lipinski definition) is 6. The van der Waals surface area contributed by atoms with Gasteiger partial charge < -0.3 is 20.1 Å². The zero-order valence-corrected chi connectivity index (χ0v) is 15.1. The zero-order valence-electron chi connectivity index (χ0n) is 15.1. The summed E-state index contributed by atoms with van der Waals surface area (Å²) in [6.07, 6.45) is 4.03. The normalized spacial score (nSPS) is 11.3. The number of nitrogen functional groups attached to an aromatic ring is 1. The second-order valence-electron chi connectivity index (χ2n) is 6.27. The van der Waals surface area contributed by atoms with Crippen LogP contribution in [0.2, 0.25) is 0 Å². The minimum absolute atomic E-state index is 0.0499. The molecule has 7 nitrogen and oxygen atoms in total. The molecule has 0 spiro atoms. The smallest absolute Gasteiger partial charge is 0.247 e. The van der Waals surface area contributed by atoms with Crippen LogP contribution >= 0.6 is 0 Å². The van der Waals surface area contributed by atoms with Crippen LogP contribution < -0.4 is 15.2 Å². The fourth-order valence-electron chi connectivity index (χ4n) is 2.59. The first-order valence-electron chi connectivity index (χ1n) is 8.29. The summed E-state index contributed by atoms with van der Waals surface area (Å²) in [4.78, 5) is 6.25. The second kappa shape index (κ2) is 7.57. The highest BCUT2D eigenvalue weighted by Gasteiger charge is 2.16. The molecule has 0 aliphatic carbocycles. The minimum Gasteiger partial charge on any atom is -0.492 e. The Bertz CT molecular complexity index is 910. The summed E-state index contributed by atoms with van der Waals surface area (Å²) in [7, 11) is 4.04. The van der Waals surface area contributed by atoms with Crippen LogP contribution in [0.3, 0.4) is 0 Å². The molecular formula is C18H22FN5O2. The molecule has 26 heavy (non-hydrogen) atoms. The van der Waals surface area contributed by atoms with E-state index in [9.17, 15) is 4.39 Å². The fraction of sp³-hybridized carbons (Fsp3) is 0.333. The van der Waals surface area contributed by atoms with Crippen molar-refractivity contribution in [1.29, 1.82) is 0 Å². The molecule has 0 saturated carbocycles. The lowest BCUT2D eigenvalue weighted by Gasteiger charge is -2.10. The molecule has 2 heterocycles. The number of nitrogens with two attached hydrogens (primary N) is 1. The first-order chi connectivity index (χ1) is 12.5. The third-order valence-electron chi connectivity index (χ3n) is 3.92. The Morgan fingerprint density at radius 2 is 2.08 bits per heavy atom. The lowest BCUT2D eigenvalue weighted by Crippen LogP contribution is -2.15.